The Morgan fingerprint density at radius 1 is 1.44 bits per heavy atom. The topological polar surface area (TPSA) is 52.6 Å². The van der Waals surface area contributed by atoms with E-state index in [2.05, 4.69) is 24.2 Å². The zero-order chi connectivity index (χ0) is 13.5. The van der Waals surface area contributed by atoms with Crippen molar-refractivity contribution in [2.45, 2.75) is 58.0 Å². The molecule has 0 aliphatic heterocycles. The number of aliphatic carboxylic acids is 1. The molecule has 2 N–H and O–H groups in total. The van der Waals surface area contributed by atoms with E-state index < -0.39 is 12.0 Å². The van der Waals surface area contributed by atoms with E-state index in [0.29, 0.717) is 19.0 Å². The first-order chi connectivity index (χ1) is 8.56. The quantitative estimate of drug-likeness (QED) is 0.731. The monoisotopic (exact) mass is 256 g/mol. The standard InChI is InChI=1S/C14H28N2O2/c1-4-15-12(14(17)18)9-10-16(3)13-8-6-5-7-11(13)2/h11-13,15H,4-10H2,1-3H3,(H,17,18). The highest BCUT2D eigenvalue weighted by Crippen LogP contribution is 2.27. The van der Waals surface area contributed by atoms with E-state index >= 15 is 0 Å². The van der Waals surface area contributed by atoms with Crippen molar-refractivity contribution in [3.05, 3.63) is 0 Å². The molecule has 0 heterocycles. The Morgan fingerprint density at radius 3 is 2.67 bits per heavy atom. The third-order valence-electron chi connectivity index (χ3n) is 4.15. The molecule has 0 radical (unpaired) electrons. The molecule has 0 bridgehead atoms. The minimum atomic E-state index is -0.734. The molecule has 0 aromatic heterocycles. The Balaban J connectivity index is 2.38. The summed E-state index contributed by atoms with van der Waals surface area (Å²) >= 11 is 0. The van der Waals surface area contributed by atoms with Gasteiger partial charge in [-0.25, -0.2) is 0 Å². The first-order valence-corrected chi connectivity index (χ1v) is 7.22. The molecule has 0 spiro atoms. The lowest BCUT2D eigenvalue weighted by Crippen LogP contribution is -2.43. The van der Waals surface area contributed by atoms with Crippen molar-refractivity contribution in [1.29, 1.82) is 0 Å². The normalized spacial score (nSPS) is 26.2. The van der Waals surface area contributed by atoms with Crippen LogP contribution in [0.1, 0.15) is 46.0 Å². The number of hydrogen-bond donors (Lipinski definition) is 2. The van der Waals surface area contributed by atoms with Crippen molar-refractivity contribution in [2.24, 2.45) is 5.92 Å². The summed E-state index contributed by atoms with van der Waals surface area (Å²) in [6.45, 7) is 5.83. The highest BCUT2D eigenvalue weighted by Gasteiger charge is 2.25. The summed E-state index contributed by atoms with van der Waals surface area (Å²) in [4.78, 5) is 13.4. The summed E-state index contributed by atoms with van der Waals surface area (Å²) in [7, 11) is 2.14. The largest absolute Gasteiger partial charge is 0.480 e. The van der Waals surface area contributed by atoms with Gasteiger partial charge < -0.3 is 15.3 Å². The van der Waals surface area contributed by atoms with Gasteiger partial charge in [0.05, 0.1) is 0 Å². The van der Waals surface area contributed by atoms with Gasteiger partial charge in [0.25, 0.3) is 0 Å². The number of rotatable bonds is 7. The van der Waals surface area contributed by atoms with E-state index in [1.807, 2.05) is 6.92 Å². The highest BCUT2D eigenvalue weighted by molar-refractivity contribution is 5.73. The predicted molar refractivity (Wildman–Crippen MR) is 73.8 cm³/mol. The van der Waals surface area contributed by atoms with E-state index in [9.17, 15) is 4.79 Å². The number of likely N-dealkylation sites (N-methyl/N-ethyl adjacent to an activating group) is 1. The molecule has 4 heteroatoms. The van der Waals surface area contributed by atoms with Gasteiger partial charge in [-0.05, 0) is 38.8 Å². The first-order valence-electron chi connectivity index (χ1n) is 7.22. The summed E-state index contributed by atoms with van der Waals surface area (Å²) in [5.41, 5.74) is 0. The fraction of sp³-hybridized carbons (Fsp3) is 0.929. The molecular formula is C14H28N2O2. The molecule has 1 aliphatic carbocycles. The smallest absolute Gasteiger partial charge is 0.320 e. The minimum Gasteiger partial charge on any atom is -0.480 e. The molecule has 1 aliphatic rings. The molecule has 3 atom stereocenters. The van der Waals surface area contributed by atoms with E-state index in [-0.39, 0.29) is 0 Å². The van der Waals surface area contributed by atoms with Crippen molar-refractivity contribution in [2.75, 3.05) is 20.1 Å². The van der Waals surface area contributed by atoms with Crippen LogP contribution < -0.4 is 5.32 Å². The average Bonchev–Trinajstić information content (AvgIpc) is 2.34. The van der Waals surface area contributed by atoms with Crippen LogP contribution in [-0.4, -0.2) is 48.2 Å². The van der Waals surface area contributed by atoms with Gasteiger partial charge in [-0.2, -0.15) is 0 Å². The zero-order valence-electron chi connectivity index (χ0n) is 12.0. The number of carbonyl (C=O) groups is 1. The second kappa shape index (κ2) is 7.74. The molecule has 1 rings (SSSR count). The fourth-order valence-corrected chi connectivity index (χ4v) is 3.01. The van der Waals surface area contributed by atoms with Gasteiger partial charge in [-0.15, -0.1) is 0 Å². The Kier molecular flexibility index (Phi) is 6.65. The maximum atomic E-state index is 11.1. The van der Waals surface area contributed by atoms with Gasteiger partial charge in [-0.1, -0.05) is 26.7 Å². The molecule has 0 amide bonds. The molecule has 1 fully saturated rings. The van der Waals surface area contributed by atoms with Gasteiger partial charge in [0.1, 0.15) is 6.04 Å². The van der Waals surface area contributed by atoms with Gasteiger partial charge in [-0.3, -0.25) is 4.79 Å². The molecule has 0 saturated heterocycles. The van der Waals surface area contributed by atoms with Gasteiger partial charge >= 0.3 is 5.97 Å². The molecule has 3 unspecified atom stereocenters. The summed E-state index contributed by atoms with van der Waals surface area (Å²) in [5.74, 6) is 0.00750. The number of hydrogen-bond acceptors (Lipinski definition) is 3. The number of carboxylic acids is 1. The summed E-state index contributed by atoms with van der Waals surface area (Å²) in [6, 6.07) is 0.228. The molecule has 0 aromatic carbocycles. The number of nitrogens with one attached hydrogen (secondary N) is 1. The fourth-order valence-electron chi connectivity index (χ4n) is 3.01. The maximum absolute atomic E-state index is 11.1. The van der Waals surface area contributed by atoms with E-state index in [1.54, 1.807) is 0 Å². The molecule has 18 heavy (non-hydrogen) atoms. The van der Waals surface area contributed by atoms with Gasteiger partial charge in [0, 0.05) is 12.6 Å². The maximum Gasteiger partial charge on any atom is 0.320 e. The average molecular weight is 256 g/mol. The minimum absolute atomic E-state index is 0.406. The second-order valence-corrected chi connectivity index (χ2v) is 5.55. The molecule has 1 saturated carbocycles. The van der Waals surface area contributed by atoms with Gasteiger partial charge in [0.15, 0.2) is 0 Å². The summed E-state index contributed by atoms with van der Waals surface area (Å²) in [5, 5.41) is 12.1. The molecular weight excluding hydrogens is 228 g/mol. The SMILES string of the molecule is CCNC(CCN(C)C1CCCCC1C)C(=O)O. The molecule has 4 nitrogen and oxygen atoms in total. The van der Waals surface area contributed by atoms with Crippen LogP contribution in [0.4, 0.5) is 0 Å². The van der Waals surface area contributed by atoms with Crippen LogP contribution in [0.5, 0.6) is 0 Å². The van der Waals surface area contributed by atoms with E-state index in [0.717, 1.165) is 12.5 Å². The van der Waals surface area contributed by atoms with Crippen molar-refractivity contribution in [3.8, 4) is 0 Å². The lowest BCUT2D eigenvalue weighted by molar-refractivity contribution is -0.139. The Labute approximate surface area is 111 Å². The summed E-state index contributed by atoms with van der Waals surface area (Å²) < 4.78 is 0. The Hall–Kier alpha value is -0.610. The Bertz CT molecular complexity index is 258. The summed E-state index contributed by atoms with van der Waals surface area (Å²) in [6.07, 6.45) is 5.92. The predicted octanol–water partition coefficient (Wildman–Crippen LogP) is 1.95. The molecule has 0 aromatic rings. The lowest BCUT2D eigenvalue weighted by Gasteiger charge is -2.36. The number of carboxylic acid groups (broad SMARTS) is 1. The highest BCUT2D eigenvalue weighted by atomic mass is 16.4. The van der Waals surface area contributed by atoms with Crippen LogP contribution in [0.15, 0.2) is 0 Å². The molecule has 106 valence electrons. The van der Waals surface area contributed by atoms with E-state index in [1.165, 1.54) is 25.7 Å². The van der Waals surface area contributed by atoms with Crippen LogP contribution in [0.2, 0.25) is 0 Å². The van der Waals surface area contributed by atoms with Crippen LogP contribution in [0, 0.1) is 5.92 Å². The van der Waals surface area contributed by atoms with Crippen LogP contribution in [-0.2, 0) is 4.79 Å². The van der Waals surface area contributed by atoms with E-state index in [4.69, 9.17) is 5.11 Å². The van der Waals surface area contributed by atoms with Crippen LogP contribution in [0.3, 0.4) is 0 Å². The third-order valence-corrected chi connectivity index (χ3v) is 4.15. The lowest BCUT2D eigenvalue weighted by atomic mass is 9.85. The third kappa shape index (κ3) is 4.58. The second-order valence-electron chi connectivity index (χ2n) is 5.55. The van der Waals surface area contributed by atoms with Crippen molar-refractivity contribution in [1.82, 2.24) is 10.2 Å². The van der Waals surface area contributed by atoms with Crippen LogP contribution in [0.25, 0.3) is 0 Å². The van der Waals surface area contributed by atoms with Crippen molar-refractivity contribution >= 4 is 5.97 Å². The van der Waals surface area contributed by atoms with Crippen LogP contribution >= 0.6 is 0 Å². The zero-order valence-corrected chi connectivity index (χ0v) is 12.0. The first kappa shape index (κ1) is 15.4. The van der Waals surface area contributed by atoms with Crippen molar-refractivity contribution < 1.29 is 9.90 Å². The van der Waals surface area contributed by atoms with Crippen molar-refractivity contribution in [3.63, 3.8) is 0 Å². The number of nitrogens with zero attached hydrogens (tertiary/aromatic N) is 1. The Morgan fingerprint density at radius 2 is 2.11 bits per heavy atom. The van der Waals surface area contributed by atoms with Gasteiger partial charge in [0.2, 0.25) is 0 Å².